The second-order valence-corrected chi connectivity index (χ2v) is 6.93. The maximum absolute atomic E-state index is 6.33. The molecule has 4 bridgehead atoms. The van der Waals surface area contributed by atoms with E-state index in [2.05, 4.69) is 19.7 Å². The quantitative estimate of drug-likeness (QED) is 0.577. The molecule has 3 heterocycles. The molecule has 0 unspecified atom stereocenters. The fourth-order valence-corrected chi connectivity index (χ4v) is 4.10. The Balaban J connectivity index is 1.70. The van der Waals surface area contributed by atoms with Gasteiger partial charge in [-0.15, -0.1) is 19.7 Å². The molecule has 0 amide bonds. The summed E-state index contributed by atoms with van der Waals surface area (Å²) in [6, 6.07) is 9.63. The largest absolute Gasteiger partial charge is 0.369 e. The van der Waals surface area contributed by atoms with E-state index in [0.29, 0.717) is 19.8 Å². The minimum absolute atomic E-state index is 0.372. The van der Waals surface area contributed by atoms with Crippen LogP contribution in [0, 0.1) is 0 Å². The predicted octanol–water partition coefficient (Wildman–Crippen LogP) is 2.71. The van der Waals surface area contributed by atoms with Gasteiger partial charge >= 0.3 is 5.97 Å². The van der Waals surface area contributed by atoms with Crippen LogP contribution in [0.3, 0.4) is 0 Å². The third-order valence-corrected chi connectivity index (χ3v) is 5.16. The zero-order chi connectivity index (χ0) is 19.6. The highest BCUT2D eigenvalue weighted by Crippen LogP contribution is 2.52. The molecule has 1 aliphatic carbocycles. The SMILES string of the molecule is C=CCOC1C2OC3(c4ccccc4)OC1C(OCC=C)C(O3)C2OCC=C. The first-order chi connectivity index (χ1) is 13.7. The highest BCUT2D eigenvalue weighted by atomic mass is 16.9. The van der Waals surface area contributed by atoms with Crippen LogP contribution < -0.4 is 0 Å². The Bertz CT molecular complexity index is 628. The highest BCUT2D eigenvalue weighted by Gasteiger charge is 2.69. The number of rotatable bonds is 10. The average molecular weight is 386 g/mol. The fraction of sp³-hybridized carbons (Fsp3) is 0.455. The summed E-state index contributed by atoms with van der Waals surface area (Å²) < 4.78 is 37.1. The van der Waals surface area contributed by atoms with Gasteiger partial charge in [0.1, 0.15) is 36.6 Å². The molecule has 6 nitrogen and oxygen atoms in total. The van der Waals surface area contributed by atoms with Crippen LogP contribution in [0.25, 0.3) is 0 Å². The van der Waals surface area contributed by atoms with Crippen LogP contribution in [0.15, 0.2) is 68.3 Å². The normalized spacial score (nSPS) is 38.3. The number of hydrogen-bond donors (Lipinski definition) is 0. The summed E-state index contributed by atoms with van der Waals surface area (Å²) in [5.41, 5.74) is 0.793. The molecule has 5 rings (SSSR count). The second-order valence-electron chi connectivity index (χ2n) is 6.93. The lowest BCUT2D eigenvalue weighted by molar-refractivity contribution is -0.552. The first-order valence-corrected chi connectivity index (χ1v) is 9.50. The first-order valence-electron chi connectivity index (χ1n) is 9.50. The molecule has 6 heteroatoms. The van der Waals surface area contributed by atoms with Gasteiger partial charge in [-0.2, -0.15) is 0 Å². The van der Waals surface area contributed by atoms with Crippen molar-refractivity contribution in [2.24, 2.45) is 0 Å². The maximum Gasteiger partial charge on any atom is 0.313 e. The summed E-state index contributed by atoms with van der Waals surface area (Å²) in [5, 5.41) is 0. The van der Waals surface area contributed by atoms with E-state index in [9.17, 15) is 0 Å². The van der Waals surface area contributed by atoms with Gasteiger partial charge in [0.25, 0.3) is 0 Å². The summed E-state index contributed by atoms with van der Waals surface area (Å²) in [6.45, 7) is 12.3. The zero-order valence-corrected chi connectivity index (χ0v) is 15.8. The Morgan fingerprint density at radius 2 is 1.11 bits per heavy atom. The Morgan fingerprint density at radius 1 is 0.714 bits per heavy atom. The van der Waals surface area contributed by atoms with Gasteiger partial charge < -0.3 is 28.4 Å². The van der Waals surface area contributed by atoms with Crippen molar-refractivity contribution in [1.82, 2.24) is 0 Å². The topological polar surface area (TPSA) is 55.4 Å². The molecule has 28 heavy (non-hydrogen) atoms. The molecule has 3 aliphatic heterocycles. The van der Waals surface area contributed by atoms with Crippen molar-refractivity contribution in [3.05, 3.63) is 73.9 Å². The van der Waals surface area contributed by atoms with Crippen LogP contribution in [0.4, 0.5) is 0 Å². The zero-order valence-electron chi connectivity index (χ0n) is 15.8. The van der Waals surface area contributed by atoms with Gasteiger partial charge in [-0.25, -0.2) is 0 Å². The van der Waals surface area contributed by atoms with Gasteiger partial charge in [0.2, 0.25) is 0 Å². The molecule has 1 aromatic carbocycles. The maximum atomic E-state index is 6.33. The second kappa shape index (κ2) is 8.29. The molecule has 4 aliphatic rings. The van der Waals surface area contributed by atoms with Crippen LogP contribution in [0.1, 0.15) is 5.56 Å². The Labute approximate surface area is 165 Å². The average Bonchev–Trinajstić information content (AvgIpc) is 2.73. The molecule has 1 aromatic rings. The van der Waals surface area contributed by atoms with E-state index in [1.54, 1.807) is 18.2 Å². The Morgan fingerprint density at radius 3 is 1.46 bits per heavy atom. The van der Waals surface area contributed by atoms with Gasteiger partial charge in [-0.3, -0.25) is 0 Å². The third-order valence-electron chi connectivity index (χ3n) is 5.16. The van der Waals surface area contributed by atoms with Gasteiger partial charge in [0, 0.05) is 5.56 Å². The molecule has 3 saturated heterocycles. The van der Waals surface area contributed by atoms with Gasteiger partial charge in [-0.05, 0) is 0 Å². The van der Waals surface area contributed by atoms with Crippen LogP contribution in [-0.4, -0.2) is 56.4 Å². The molecular formula is C22H26O6. The standard InChI is InChI=1S/C22H26O6/c1-4-12-23-16-19-17(24-13-5-2)21-18(25-14-6-3)20(16)27-22(26-19,28-21)15-10-8-7-9-11-15/h4-11,16-21H,1-3,12-14H2. The molecule has 0 aromatic heterocycles. The highest BCUT2D eigenvalue weighted by molar-refractivity contribution is 5.23. The summed E-state index contributed by atoms with van der Waals surface area (Å²) in [4.78, 5) is 0. The molecule has 4 fully saturated rings. The molecule has 0 spiro atoms. The smallest absolute Gasteiger partial charge is 0.313 e. The van der Waals surface area contributed by atoms with E-state index in [-0.39, 0.29) is 36.6 Å². The third kappa shape index (κ3) is 3.26. The van der Waals surface area contributed by atoms with Crippen molar-refractivity contribution >= 4 is 0 Å². The van der Waals surface area contributed by atoms with Crippen LogP contribution in [-0.2, 0) is 34.4 Å². The number of ether oxygens (including phenoxy) is 6. The lowest BCUT2D eigenvalue weighted by atomic mass is 9.80. The van der Waals surface area contributed by atoms with E-state index < -0.39 is 5.97 Å². The number of hydrogen-bond acceptors (Lipinski definition) is 6. The van der Waals surface area contributed by atoms with E-state index >= 15 is 0 Å². The molecule has 0 N–H and O–H groups in total. The van der Waals surface area contributed by atoms with Crippen LogP contribution in [0.5, 0.6) is 0 Å². The lowest BCUT2D eigenvalue weighted by Gasteiger charge is -2.62. The fourth-order valence-electron chi connectivity index (χ4n) is 4.10. The Kier molecular flexibility index (Phi) is 5.78. The lowest BCUT2D eigenvalue weighted by Crippen LogP contribution is -2.79. The predicted molar refractivity (Wildman–Crippen MR) is 103 cm³/mol. The summed E-state index contributed by atoms with van der Waals surface area (Å²) in [5.74, 6) is -1.29. The minimum Gasteiger partial charge on any atom is -0.369 e. The minimum atomic E-state index is -1.29. The van der Waals surface area contributed by atoms with Crippen LogP contribution >= 0.6 is 0 Å². The van der Waals surface area contributed by atoms with Crippen molar-refractivity contribution in [2.45, 2.75) is 42.6 Å². The molecule has 0 atom stereocenters. The van der Waals surface area contributed by atoms with E-state index in [4.69, 9.17) is 28.4 Å². The van der Waals surface area contributed by atoms with Gasteiger partial charge in [0.15, 0.2) is 0 Å². The molecule has 1 saturated carbocycles. The van der Waals surface area contributed by atoms with E-state index in [1.807, 2.05) is 30.3 Å². The van der Waals surface area contributed by atoms with E-state index in [0.717, 1.165) is 5.56 Å². The summed E-state index contributed by atoms with van der Waals surface area (Å²) in [6.07, 6.45) is 2.86. The van der Waals surface area contributed by atoms with Crippen molar-refractivity contribution in [2.75, 3.05) is 19.8 Å². The number of benzene rings is 1. The first kappa shape index (κ1) is 19.5. The monoisotopic (exact) mass is 386 g/mol. The van der Waals surface area contributed by atoms with Crippen molar-refractivity contribution in [3.63, 3.8) is 0 Å². The summed E-state index contributed by atoms with van der Waals surface area (Å²) >= 11 is 0. The van der Waals surface area contributed by atoms with Gasteiger partial charge in [0.05, 0.1) is 19.8 Å². The summed E-state index contributed by atoms with van der Waals surface area (Å²) in [7, 11) is 0. The van der Waals surface area contributed by atoms with E-state index in [1.165, 1.54) is 0 Å². The molecular weight excluding hydrogens is 360 g/mol. The van der Waals surface area contributed by atoms with Crippen LogP contribution in [0.2, 0.25) is 0 Å². The van der Waals surface area contributed by atoms with Gasteiger partial charge in [-0.1, -0.05) is 48.6 Å². The van der Waals surface area contributed by atoms with Crippen molar-refractivity contribution in [1.29, 1.82) is 0 Å². The molecule has 150 valence electrons. The van der Waals surface area contributed by atoms with Crippen molar-refractivity contribution < 1.29 is 28.4 Å². The molecule has 0 radical (unpaired) electrons. The van der Waals surface area contributed by atoms with Crippen molar-refractivity contribution in [3.8, 4) is 0 Å². The Hall–Kier alpha value is -1.80.